The van der Waals surface area contributed by atoms with Crippen LogP contribution in [0.2, 0.25) is 0 Å². The Morgan fingerprint density at radius 1 is 1.30 bits per heavy atom. The van der Waals surface area contributed by atoms with Crippen LogP contribution in [-0.2, 0) is 11.2 Å². The molecule has 0 bridgehead atoms. The average molecular weight is 289 g/mol. The number of thiophene rings is 1. The Balaban J connectivity index is 1.72. The van der Waals surface area contributed by atoms with Crippen LogP contribution >= 0.6 is 11.3 Å². The third kappa shape index (κ3) is 4.38. The number of benzene rings is 1. The molecule has 1 N–H and O–H groups in total. The molecular weight excluding hydrogens is 270 g/mol. The van der Waals surface area contributed by atoms with Crippen molar-refractivity contribution in [2.24, 2.45) is 0 Å². The van der Waals surface area contributed by atoms with Crippen molar-refractivity contribution in [1.29, 1.82) is 0 Å². The molecule has 0 aliphatic heterocycles. The average Bonchev–Trinajstić information content (AvgIpc) is 2.91. The fourth-order valence-electron chi connectivity index (χ4n) is 1.94. The lowest BCUT2D eigenvalue weighted by atomic mass is 10.1. The quantitative estimate of drug-likeness (QED) is 0.887. The number of amides is 1. The minimum Gasteiger partial charge on any atom is -0.484 e. The summed E-state index contributed by atoms with van der Waals surface area (Å²) < 4.78 is 5.53. The number of ether oxygens (including phenoxy) is 1. The summed E-state index contributed by atoms with van der Waals surface area (Å²) in [4.78, 5) is 13.0. The summed E-state index contributed by atoms with van der Waals surface area (Å²) in [7, 11) is 0. The maximum absolute atomic E-state index is 11.7. The van der Waals surface area contributed by atoms with E-state index in [9.17, 15) is 4.79 Å². The van der Waals surface area contributed by atoms with Gasteiger partial charge < -0.3 is 10.1 Å². The maximum Gasteiger partial charge on any atom is 0.257 e. The van der Waals surface area contributed by atoms with E-state index in [0.717, 1.165) is 17.7 Å². The fourth-order valence-corrected chi connectivity index (χ4v) is 2.64. The summed E-state index contributed by atoms with van der Waals surface area (Å²) in [6.45, 7) is 4.73. The van der Waals surface area contributed by atoms with Gasteiger partial charge in [0.25, 0.3) is 5.91 Å². The second kappa shape index (κ2) is 7.10. The van der Waals surface area contributed by atoms with Gasteiger partial charge in [-0.1, -0.05) is 23.8 Å². The summed E-state index contributed by atoms with van der Waals surface area (Å²) in [6, 6.07) is 10.0. The van der Waals surface area contributed by atoms with E-state index < -0.39 is 0 Å². The van der Waals surface area contributed by atoms with Crippen molar-refractivity contribution in [1.82, 2.24) is 5.32 Å². The van der Waals surface area contributed by atoms with E-state index in [0.29, 0.717) is 6.54 Å². The highest BCUT2D eigenvalue weighted by Crippen LogP contribution is 2.18. The van der Waals surface area contributed by atoms with Crippen molar-refractivity contribution in [2.75, 3.05) is 13.2 Å². The van der Waals surface area contributed by atoms with Crippen molar-refractivity contribution >= 4 is 17.2 Å². The van der Waals surface area contributed by atoms with E-state index in [1.165, 1.54) is 10.4 Å². The molecule has 1 amide bonds. The minimum absolute atomic E-state index is 0.0638. The molecule has 1 aromatic heterocycles. The van der Waals surface area contributed by atoms with Crippen molar-refractivity contribution < 1.29 is 9.53 Å². The number of nitrogens with one attached hydrogen (secondary N) is 1. The van der Waals surface area contributed by atoms with E-state index in [1.54, 1.807) is 11.3 Å². The molecule has 0 fully saturated rings. The standard InChI is InChI=1S/C16H19NO2S/c1-12-5-6-15(13(2)10-12)19-11-16(18)17-8-7-14-4-3-9-20-14/h3-6,9-10H,7-8,11H2,1-2H3,(H,17,18). The molecule has 0 atom stereocenters. The zero-order valence-corrected chi connectivity index (χ0v) is 12.6. The Hall–Kier alpha value is -1.81. The van der Waals surface area contributed by atoms with E-state index in [1.807, 2.05) is 43.5 Å². The monoisotopic (exact) mass is 289 g/mol. The lowest BCUT2D eigenvalue weighted by Crippen LogP contribution is -2.30. The number of hydrogen-bond donors (Lipinski definition) is 1. The molecule has 0 saturated carbocycles. The van der Waals surface area contributed by atoms with Crippen molar-refractivity contribution in [3.05, 3.63) is 51.7 Å². The summed E-state index contributed by atoms with van der Waals surface area (Å²) in [5.74, 6) is 0.686. The molecule has 2 aromatic rings. The second-order valence-electron chi connectivity index (χ2n) is 4.74. The molecule has 3 nitrogen and oxygen atoms in total. The summed E-state index contributed by atoms with van der Waals surface area (Å²) in [5.41, 5.74) is 2.24. The first-order valence-electron chi connectivity index (χ1n) is 6.64. The normalized spacial score (nSPS) is 10.3. The number of aryl methyl sites for hydroxylation is 2. The summed E-state index contributed by atoms with van der Waals surface area (Å²) >= 11 is 1.71. The van der Waals surface area contributed by atoms with E-state index in [2.05, 4.69) is 11.4 Å². The molecule has 106 valence electrons. The molecule has 20 heavy (non-hydrogen) atoms. The third-order valence-electron chi connectivity index (χ3n) is 2.96. The number of rotatable bonds is 6. The highest BCUT2D eigenvalue weighted by Gasteiger charge is 2.05. The Bertz CT molecular complexity index is 564. The Labute approximate surface area is 123 Å². The fraction of sp³-hybridized carbons (Fsp3) is 0.312. The first-order chi connectivity index (χ1) is 9.65. The number of carbonyl (C=O) groups is 1. The SMILES string of the molecule is Cc1ccc(OCC(=O)NCCc2cccs2)c(C)c1. The topological polar surface area (TPSA) is 38.3 Å². The van der Waals surface area contributed by atoms with Gasteiger partial charge in [0.1, 0.15) is 5.75 Å². The third-order valence-corrected chi connectivity index (χ3v) is 3.90. The van der Waals surface area contributed by atoms with Crippen LogP contribution in [-0.4, -0.2) is 19.1 Å². The molecule has 4 heteroatoms. The van der Waals surface area contributed by atoms with Gasteiger partial charge in [-0.25, -0.2) is 0 Å². The lowest BCUT2D eigenvalue weighted by Gasteiger charge is -2.10. The summed E-state index contributed by atoms with van der Waals surface area (Å²) in [6.07, 6.45) is 0.868. The Kier molecular flexibility index (Phi) is 5.18. The zero-order valence-electron chi connectivity index (χ0n) is 11.8. The molecular formula is C16H19NO2S. The lowest BCUT2D eigenvalue weighted by molar-refractivity contribution is -0.123. The largest absolute Gasteiger partial charge is 0.484 e. The predicted molar refractivity (Wildman–Crippen MR) is 82.4 cm³/mol. The molecule has 1 aromatic carbocycles. The van der Waals surface area contributed by atoms with Crippen LogP contribution < -0.4 is 10.1 Å². The molecule has 0 saturated heterocycles. The van der Waals surface area contributed by atoms with Gasteiger partial charge in [0, 0.05) is 11.4 Å². The van der Waals surface area contributed by atoms with Crippen LogP contribution in [0.3, 0.4) is 0 Å². The van der Waals surface area contributed by atoms with Gasteiger partial charge in [0.15, 0.2) is 6.61 Å². The molecule has 0 radical (unpaired) electrons. The van der Waals surface area contributed by atoms with Crippen LogP contribution in [0, 0.1) is 13.8 Å². The first-order valence-corrected chi connectivity index (χ1v) is 7.52. The van der Waals surface area contributed by atoms with Gasteiger partial charge in [-0.2, -0.15) is 0 Å². The molecule has 2 rings (SSSR count). The molecule has 1 heterocycles. The minimum atomic E-state index is -0.0819. The second-order valence-corrected chi connectivity index (χ2v) is 5.77. The van der Waals surface area contributed by atoms with Crippen LogP contribution in [0.4, 0.5) is 0 Å². The van der Waals surface area contributed by atoms with E-state index in [-0.39, 0.29) is 12.5 Å². The zero-order chi connectivity index (χ0) is 14.4. The maximum atomic E-state index is 11.7. The van der Waals surface area contributed by atoms with Gasteiger partial charge in [0.2, 0.25) is 0 Å². The van der Waals surface area contributed by atoms with Crippen LogP contribution in [0.25, 0.3) is 0 Å². The van der Waals surface area contributed by atoms with E-state index >= 15 is 0 Å². The van der Waals surface area contributed by atoms with Crippen molar-refractivity contribution in [2.45, 2.75) is 20.3 Å². The molecule has 0 unspecified atom stereocenters. The summed E-state index contributed by atoms with van der Waals surface area (Å²) in [5, 5.41) is 4.91. The number of hydrogen-bond acceptors (Lipinski definition) is 3. The van der Waals surface area contributed by atoms with Gasteiger partial charge >= 0.3 is 0 Å². The molecule has 0 spiro atoms. The molecule has 0 aliphatic carbocycles. The first kappa shape index (κ1) is 14.6. The number of carbonyl (C=O) groups excluding carboxylic acids is 1. The van der Waals surface area contributed by atoms with Crippen molar-refractivity contribution in [3.8, 4) is 5.75 Å². The van der Waals surface area contributed by atoms with Crippen LogP contribution in [0.15, 0.2) is 35.7 Å². The van der Waals surface area contributed by atoms with Gasteiger partial charge in [0.05, 0.1) is 0 Å². The van der Waals surface area contributed by atoms with Gasteiger partial charge in [-0.05, 0) is 43.3 Å². The highest BCUT2D eigenvalue weighted by atomic mass is 32.1. The van der Waals surface area contributed by atoms with Crippen LogP contribution in [0.1, 0.15) is 16.0 Å². The van der Waals surface area contributed by atoms with Crippen molar-refractivity contribution in [3.63, 3.8) is 0 Å². The highest BCUT2D eigenvalue weighted by molar-refractivity contribution is 7.09. The van der Waals surface area contributed by atoms with Gasteiger partial charge in [-0.3, -0.25) is 4.79 Å². The Morgan fingerprint density at radius 2 is 2.15 bits per heavy atom. The Morgan fingerprint density at radius 3 is 2.85 bits per heavy atom. The predicted octanol–water partition coefficient (Wildman–Crippen LogP) is 3.10. The van der Waals surface area contributed by atoms with E-state index in [4.69, 9.17) is 4.74 Å². The van der Waals surface area contributed by atoms with Gasteiger partial charge in [-0.15, -0.1) is 11.3 Å². The molecule has 0 aliphatic rings. The smallest absolute Gasteiger partial charge is 0.257 e. The van der Waals surface area contributed by atoms with Crippen LogP contribution in [0.5, 0.6) is 5.75 Å².